The zero-order chi connectivity index (χ0) is 11.1. The molecule has 0 aliphatic carbocycles. The second-order valence-corrected chi connectivity index (χ2v) is 4.96. The molecule has 0 spiro atoms. The van der Waals surface area contributed by atoms with Crippen LogP contribution in [0.5, 0.6) is 0 Å². The summed E-state index contributed by atoms with van der Waals surface area (Å²) in [6.07, 6.45) is 2.28. The molecule has 1 aromatic heterocycles. The van der Waals surface area contributed by atoms with E-state index in [4.69, 9.17) is 0 Å². The third-order valence-electron chi connectivity index (χ3n) is 3.15. The molecule has 0 saturated carbocycles. The lowest BCUT2D eigenvalue weighted by Gasteiger charge is -2.08. The van der Waals surface area contributed by atoms with Gasteiger partial charge in [-0.2, -0.15) is 0 Å². The molecule has 2 N–H and O–H groups in total. The molecular formula is C12H12BrFN2. The number of aromatic amines is 1. The number of H-pyrrole nitrogens is 1. The van der Waals surface area contributed by atoms with E-state index in [9.17, 15) is 4.39 Å². The smallest absolute Gasteiger partial charge is 0.147 e. The molecule has 1 aliphatic heterocycles. The van der Waals surface area contributed by atoms with Crippen LogP contribution >= 0.6 is 15.9 Å². The lowest BCUT2D eigenvalue weighted by atomic mass is 10.1. The molecule has 1 aromatic carbocycles. The lowest BCUT2D eigenvalue weighted by molar-refractivity contribution is 0.622. The maximum atomic E-state index is 13.6. The molecule has 2 nitrogen and oxygen atoms in total. The Hall–Kier alpha value is -0.870. The molecule has 0 bridgehead atoms. The van der Waals surface area contributed by atoms with Crippen LogP contribution in [0.3, 0.4) is 0 Å². The first-order valence-corrected chi connectivity index (χ1v) is 6.25. The van der Waals surface area contributed by atoms with Crippen molar-refractivity contribution >= 4 is 26.8 Å². The van der Waals surface area contributed by atoms with Gasteiger partial charge in [0.15, 0.2) is 0 Å². The van der Waals surface area contributed by atoms with Crippen LogP contribution in [0, 0.1) is 5.82 Å². The fourth-order valence-corrected chi connectivity index (χ4v) is 3.05. The monoisotopic (exact) mass is 282 g/mol. The highest BCUT2D eigenvalue weighted by Gasteiger charge is 2.22. The van der Waals surface area contributed by atoms with Gasteiger partial charge in [0.25, 0.3) is 0 Å². The molecule has 2 aromatic rings. The third kappa shape index (κ3) is 1.48. The molecule has 0 amide bonds. The van der Waals surface area contributed by atoms with E-state index in [0.717, 1.165) is 28.5 Å². The van der Waals surface area contributed by atoms with Gasteiger partial charge in [0.05, 0.1) is 5.52 Å². The standard InChI is InChI=1S/C12H12BrFN2/c13-10-7-3-1-4-8(14)11(7)16-12(10)9-5-2-6-15-9/h1,3-4,9,15-16H,2,5-6H2. The Morgan fingerprint density at radius 3 is 2.94 bits per heavy atom. The van der Waals surface area contributed by atoms with Crippen LogP contribution in [0.4, 0.5) is 4.39 Å². The fraction of sp³-hybridized carbons (Fsp3) is 0.333. The molecule has 3 rings (SSSR count). The minimum absolute atomic E-state index is 0.192. The fourth-order valence-electron chi connectivity index (χ4n) is 2.34. The number of nitrogens with one attached hydrogen (secondary N) is 2. The molecule has 2 heterocycles. The topological polar surface area (TPSA) is 27.8 Å². The van der Waals surface area contributed by atoms with Gasteiger partial charge in [-0.05, 0) is 41.4 Å². The van der Waals surface area contributed by atoms with Gasteiger partial charge in [0.1, 0.15) is 5.82 Å². The Bertz CT molecular complexity index is 529. The molecule has 16 heavy (non-hydrogen) atoms. The van der Waals surface area contributed by atoms with E-state index in [1.807, 2.05) is 6.07 Å². The summed E-state index contributed by atoms with van der Waals surface area (Å²) in [5, 5.41) is 4.33. The number of aromatic nitrogens is 1. The summed E-state index contributed by atoms with van der Waals surface area (Å²) in [7, 11) is 0. The van der Waals surface area contributed by atoms with Crippen LogP contribution in [0.2, 0.25) is 0 Å². The molecule has 84 valence electrons. The van der Waals surface area contributed by atoms with Crippen LogP contribution in [-0.4, -0.2) is 11.5 Å². The van der Waals surface area contributed by atoms with Crippen molar-refractivity contribution in [2.24, 2.45) is 0 Å². The number of hydrogen-bond donors (Lipinski definition) is 2. The minimum Gasteiger partial charge on any atom is -0.354 e. The van der Waals surface area contributed by atoms with Crippen LogP contribution in [-0.2, 0) is 0 Å². The predicted molar refractivity (Wildman–Crippen MR) is 65.9 cm³/mol. The van der Waals surface area contributed by atoms with E-state index in [1.165, 1.54) is 12.5 Å². The van der Waals surface area contributed by atoms with Crippen LogP contribution in [0.1, 0.15) is 24.6 Å². The predicted octanol–water partition coefficient (Wildman–Crippen LogP) is 3.49. The molecule has 1 saturated heterocycles. The van der Waals surface area contributed by atoms with E-state index in [2.05, 4.69) is 26.2 Å². The highest BCUT2D eigenvalue weighted by Crippen LogP contribution is 2.35. The molecule has 1 unspecified atom stereocenters. The second kappa shape index (κ2) is 3.86. The van der Waals surface area contributed by atoms with Gasteiger partial charge < -0.3 is 10.3 Å². The molecule has 1 fully saturated rings. The molecule has 0 radical (unpaired) electrons. The van der Waals surface area contributed by atoms with Crippen molar-refractivity contribution in [3.63, 3.8) is 0 Å². The van der Waals surface area contributed by atoms with Crippen molar-refractivity contribution in [1.82, 2.24) is 10.3 Å². The first kappa shape index (κ1) is 10.3. The summed E-state index contributed by atoms with van der Waals surface area (Å²) < 4.78 is 14.6. The summed E-state index contributed by atoms with van der Waals surface area (Å²) in [6, 6.07) is 5.47. The van der Waals surface area contributed by atoms with Crippen molar-refractivity contribution < 1.29 is 4.39 Å². The van der Waals surface area contributed by atoms with Crippen LogP contribution in [0.15, 0.2) is 22.7 Å². The second-order valence-electron chi connectivity index (χ2n) is 4.16. The Morgan fingerprint density at radius 1 is 1.38 bits per heavy atom. The zero-order valence-electron chi connectivity index (χ0n) is 8.69. The Balaban J connectivity index is 2.18. The number of halogens is 2. The van der Waals surface area contributed by atoms with E-state index in [-0.39, 0.29) is 5.82 Å². The Labute approximate surface area is 101 Å². The number of hydrogen-bond acceptors (Lipinski definition) is 1. The first-order valence-electron chi connectivity index (χ1n) is 5.46. The summed E-state index contributed by atoms with van der Waals surface area (Å²) in [5.74, 6) is -0.192. The number of rotatable bonds is 1. The molecule has 1 aliphatic rings. The maximum absolute atomic E-state index is 13.6. The van der Waals surface area contributed by atoms with Gasteiger partial charge >= 0.3 is 0 Å². The zero-order valence-corrected chi connectivity index (χ0v) is 10.3. The number of para-hydroxylation sites is 1. The summed E-state index contributed by atoms with van der Waals surface area (Å²) in [4.78, 5) is 3.19. The lowest BCUT2D eigenvalue weighted by Crippen LogP contribution is -2.13. The van der Waals surface area contributed by atoms with E-state index in [0.29, 0.717) is 11.6 Å². The number of benzene rings is 1. The highest BCUT2D eigenvalue weighted by molar-refractivity contribution is 9.10. The van der Waals surface area contributed by atoms with Gasteiger partial charge in [-0.3, -0.25) is 0 Å². The van der Waals surface area contributed by atoms with Crippen molar-refractivity contribution in [3.05, 3.63) is 34.2 Å². The van der Waals surface area contributed by atoms with Crippen LogP contribution in [0.25, 0.3) is 10.9 Å². The SMILES string of the molecule is Fc1cccc2c(Br)c(C3CCCN3)[nH]c12. The molecule has 1 atom stereocenters. The minimum atomic E-state index is -0.192. The largest absolute Gasteiger partial charge is 0.354 e. The molecule has 4 heteroatoms. The molecular weight excluding hydrogens is 271 g/mol. The maximum Gasteiger partial charge on any atom is 0.147 e. The van der Waals surface area contributed by atoms with Crippen molar-refractivity contribution in [2.45, 2.75) is 18.9 Å². The summed E-state index contributed by atoms with van der Waals surface area (Å²) in [6.45, 7) is 1.04. The van der Waals surface area contributed by atoms with Crippen molar-refractivity contribution in [3.8, 4) is 0 Å². The first-order chi connectivity index (χ1) is 7.77. The van der Waals surface area contributed by atoms with Gasteiger partial charge in [-0.1, -0.05) is 12.1 Å². The average Bonchev–Trinajstić information content (AvgIpc) is 2.88. The normalized spacial score (nSPS) is 20.8. The van der Waals surface area contributed by atoms with Gasteiger partial charge in [-0.15, -0.1) is 0 Å². The number of fused-ring (bicyclic) bond motifs is 1. The average molecular weight is 283 g/mol. The quantitative estimate of drug-likeness (QED) is 0.823. The Morgan fingerprint density at radius 2 is 2.25 bits per heavy atom. The summed E-state index contributed by atoms with van der Waals surface area (Å²) >= 11 is 3.56. The van der Waals surface area contributed by atoms with Crippen molar-refractivity contribution in [1.29, 1.82) is 0 Å². The van der Waals surface area contributed by atoms with Gasteiger partial charge in [0, 0.05) is 21.6 Å². The summed E-state index contributed by atoms with van der Waals surface area (Å²) in [5.41, 5.74) is 1.66. The highest BCUT2D eigenvalue weighted by atomic mass is 79.9. The van der Waals surface area contributed by atoms with Gasteiger partial charge in [0.2, 0.25) is 0 Å². The van der Waals surface area contributed by atoms with Gasteiger partial charge in [-0.25, -0.2) is 4.39 Å². The van der Waals surface area contributed by atoms with Crippen LogP contribution < -0.4 is 5.32 Å². The van der Waals surface area contributed by atoms with E-state index >= 15 is 0 Å². The Kier molecular flexibility index (Phi) is 2.48. The van der Waals surface area contributed by atoms with E-state index < -0.39 is 0 Å². The van der Waals surface area contributed by atoms with E-state index in [1.54, 1.807) is 6.07 Å². The van der Waals surface area contributed by atoms with Crippen molar-refractivity contribution in [2.75, 3.05) is 6.54 Å². The third-order valence-corrected chi connectivity index (χ3v) is 4.01.